The van der Waals surface area contributed by atoms with Crippen molar-refractivity contribution in [3.8, 4) is 0 Å². The Labute approximate surface area is 70.6 Å². The average molecular weight is 155 g/mol. The summed E-state index contributed by atoms with van der Waals surface area (Å²) in [4.78, 5) is 0. The fraction of sp³-hybridized carbons (Fsp3) is 1.00. The van der Waals surface area contributed by atoms with E-state index in [9.17, 15) is 0 Å². The quantitative estimate of drug-likeness (QED) is 0.643. The molecule has 66 valence electrons. The van der Waals surface area contributed by atoms with Crippen molar-refractivity contribution in [1.82, 2.24) is 5.32 Å². The van der Waals surface area contributed by atoms with Gasteiger partial charge in [-0.2, -0.15) is 0 Å². The molecule has 0 bridgehead atoms. The predicted octanol–water partition coefficient (Wildman–Crippen LogP) is 2.56. The lowest BCUT2D eigenvalue weighted by Gasteiger charge is -2.17. The first kappa shape index (κ1) is 9.05. The normalized spacial score (nSPS) is 20.7. The molecular formula is C10H21N. The van der Waals surface area contributed by atoms with E-state index in [-0.39, 0.29) is 0 Å². The zero-order valence-electron chi connectivity index (χ0n) is 8.11. The second-order valence-electron chi connectivity index (χ2n) is 4.12. The second-order valence-corrected chi connectivity index (χ2v) is 4.12. The minimum Gasteiger partial charge on any atom is -0.311 e. The van der Waals surface area contributed by atoms with Crippen molar-refractivity contribution in [1.29, 1.82) is 0 Å². The minimum atomic E-state index is 0.530. The maximum Gasteiger partial charge on any atom is 0.0154 e. The summed E-state index contributed by atoms with van der Waals surface area (Å²) in [5.74, 6) is 0.896. The van der Waals surface area contributed by atoms with Crippen LogP contribution >= 0.6 is 0 Å². The van der Waals surface area contributed by atoms with Gasteiger partial charge in [-0.15, -0.1) is 0 Å². The topological polar surface area (TPSA) is 12.0 Å². The standard InChI is InChI=1S/C10H21N/c1-4-9(5-2)8-11-10(3)6-7-10/h9,11H,4-8H2,1-3H3. The van der Waals surface area contributed by atoms with Gasteiger partial charge in [-0.25, -0.2) is 0 Å². The van der Waals surface area contributed by atoms with Gasteiger partial charge in [0.25, 0.3) is 0 Å². The van der Waals surface area contributed by atoms with Gasteiger partial charge in [0.2, 0.25) is 0 Å². The van der Waals surface area contributed by atoms with E-state index in [1.54, 1.807) is 0 Å². The molecule has 1 rings (SSSR count). The van der Waals surface area contributed by atoms with Gasteiger partial charge < -0.3 is 5.32 Å². The summed E-state index contributed by atoms with van der Waals surface area (Å²) in [7, 11) is 0. The van der Waals surface area contributed by atoms with Gasteiger partial charge in [0.05, 0.1) is 0 Å². The Morgan fingerprint density at radius 1 is 1.27 bits per heavy atom. The van der Waals surface area contributed by atoms with Crippen LogP contribution in [0.5, 0.6) is 0 Å². The van der Waals surface area contributed by atoms with Crippen molar-refractivity contribution in [3.63, 3.8) is 0 Å². The Morgan fingerprint density at radius 2 is 1.82 bits per heavy atom. The highest BCUT2D eigenvalue weighted by Gasteiger charge is 2.36. The van der Waals surface area contributed by atoms with Crippen molar-refractivity contribution in [3.05, 3.63) is 0 Å². The van der Waals surface area contributed by atoms with E-state index in [4.69, 9.17) is 0 Å². The van der Waals surface area contributed by atoms with E-state index in [2.05, 4.69) is 26.1 Å². The van der Waals surface area contributed by atoms with Crippen LogP contribution in [0.2, 0.25) is 0 Å². The molecule has 1 N–H and O–H groups in total. The van der Waals surface area contributed by atoms with Gasteiger partial charge in [-0.1, -0.05) is 26.7 Å². The van der Waals surface area contributed by atoms with Crippen molar-refractivity contribution in [2.75, 3.05) is 6.54 Å². The third kappa shape index (κ3) is 2.82. The predicted molar refractivity (Wildman–Crippen MR) is 49.7 cm³/mol. The highest BCUT2D eigenvalue weighted by molar-refractivity contribution is 4.97. The molecule has 1 heteroatoms. The number of hydrogen-bond donors (Lipinski definition) is 1. The smallest absolute Gasteiger partial charge is 0.0154 e. The molecular weight excluding hydrogens is 134 g/mol. The molecule has 1 saturated carbocycles. The van der Waals surface area contributed by atoms with Gasteiger partial charge >= 0.3 is 0 Å². The summed E-state index contributed by atoms with van der Waals surface area (Å²) < 4.78 is 0. The first-order valence-corrected chi connectivity index (χ1v) is 4.95. The van der Waals surface area contributed by atoms with Crippen LogP contribution in [0.4, 0.5) is 0 Å². The van der Waals surface area contributed by atoms with E-state index >= 15 is 0 Å². The van der Waals surface area contributed by atoms with Gasteiger partial charge in [0, 0.05) is 5.54 Å². The Balaban J connectivity index is 2.09. The summed E-state index contributed by atoms with van der Waals surface area (Å²) in [6.07, 6.45) is 5.40. The molecule has 0 saturated heterocycles. The molecule has 0 unspecified atom stereocenters. The highest BCUT2D eigenvalue weighted by Crippen LogP contribution is 2.34. The molecule has 11 heavy (non-hydrogen) atoms. The van der Waals surface area contributed by atoms with Crippen LogP contribution < -0.4 is 5.32 Å². The van der Waals surface area contributed by atoms with Crippen LogP contribution in [0.1, 0.15) is 46.5 Å². The molecule has 0 radical (unpaired) electrons. The molecule has 0 aliphatic heterocycles. The zero-order valence-corrected chi connectivity index (χ0v) is 8.11. The molecule has 0 amide bonds. The Morgan fingerprint density at radius 3 is 2.18 bits per heavy atom. The van der Waals surface area contributed by atoms with Gasteiger partial charge in [0.15, 0.2) is 0 Å². The fourth-order valence-corrected chi connectivity index (χ4v) is 1.33. The molecule has 0 heterocycles. The maximum atomic E-state index is 3.63. The first-order valence-electron chi connectivity index (χ1n) is 4.95. The molecule has 1 aliphatic rings. The molecule has 0 atom stereocenters. The monoisotopic (exact) mass is 155 g/mol. The van der Waals surface area contributed by atoms with Gasteiger partial charge in [-0.05, 0) is 32.2 Å². The van der Waals surface area contributed by atoms with Crippen molar-refractivity contribution >= 4 is 0 Å². The SMILES string of the molecule is CCC(CC)CNC1(C)CC1. The molecule has 0 aromatic carbocycles. The summed E-state index contributed by atoms with van der Waals surface area (Å²) in [5.41, 5.74) is 0.530. The molecule has 0 spiro atoms. The number of hydrogen-bond acceptors (Lipinski definition) is 1. The lowest BCUT2D eigenvalue weighted by Crippen LogP contribution is -2.32. The zero-order chi connectivity index (χ0) is 8.32. The van der Waals surface area contributed by atoms with E-state index < -0.39 is 0 Å². The first-order chi connectivity index (χ1) is 5.20. The van der Waals surface area contributed by atoms with E-state index in [1.807, 2.05) is 0 Å². The Hall–Kier alpha value is -0.0400. The van der Waals surface area contributed by atoms with Crippen LogP contribution in [0.15, 0.2) is 0 Å². The third-order valence-corrected chi connectivity index (χ3v) is 2.97. The molecule has 0 aromatic heterocycles. The molecule has 0 aromatic rings. The number of rotatable bonds is 5. The fourth-order valence-electron chi connectivity index (χ4n) is 1.33. The van der Waals surface area contributed by atoms with Crippen LogP contribution in [0.3, 0.4) is 0 Å². The minimum absolute atomic E-state index is 0.530. The summed E-state index contributed by atoms with van der Waals surface area (Å²) in [6, 6.07) is 0. The molecule has 1 nitrogen and oxygen atoms in total. The maximum absolute atomic E-state index is 3.63. The third-order valence-electron chi connectivity index (χ3n) is 2.97. The van der Waals surface area contributed by atoms with Gasteiger partial charge in [-0.3, -0.25) is 0 Å². The van der Waals surface area contributed by atoms with E-state index in [0.29, 0.717) is 5.54 Å². The van der Waals surface area contributed by atoms with Crippen LogP contribution in [-0.4, -0.2) is 12.1 Å². The highest BCUT2D eigenvalue weighted by atomic mass is 15.0. The summed E-state index contributed by atoms with van der Waals surface area (Å²) in [6.45, 7) is 8.12. The average Bonchev–Trinajstić information content (AvgIpc) is 2.71. The van der Waals surface area contributed by atoms with Crippen molar-refractivity contribution in [2.24, 2.45) is 5.92 Å². The Bertz CT molecular complexity index is 112. The van der Waals surface area contributed by atoms with E-state index in [0.717, 1.165) is 5.92 Å². The largest absolute Gasteiger partial charge is 0.311 e. The second kappa shape index (κ2) is 3.57. The van der Waals surface area contributed by atoms with Crippen LogP contribution in [0, 0.1) is 5.92 Å². The summed E-state index contributed by atoms with van der Waals surface area (Å²) >= 11 is 0. The molecule has 1 aliphatic carbocycles. The lowest BCUT2D eigenvalue weighted by molar-refractivity contribution is 0.410. The van der Waals surface area contributed by atoms with Crippen LogP contribution in [0.25, 0.3) is 0 Å². The summed E-state index contributed by atoms with van der Waals surface area (Å²) in [5, 5.41) is 3.63. The number of nitrogens with one attached hydrogen (secondary N) is 1. The lowest BCUT2D eigenvalue weighted by atomic mass is 10.0. The van der Waals surface area contributed by atoms with Crippen LogP contribution in [-0.2, 0) is 0 Å². The van der Waals surface area contributed by atoms with E-state index in [1.165, 1.54) is 32.2 Å². The van der Waals surface area contributed by atoms with Crippen molar-refractivity contribution in [2.45, 2.75) is 52.0 Å². The van der Waals surface area contributed by atoms with Crippen molar-refractivity contribution < 1.29 is 0 Å². The Kier molecular flexibility index (Phi) is 2.94. The van der Waals surface area contributed by atoms with Gasteiger partial charge in [0.1, 0.15) is 0 Å². The molecule has 1 fully saturated rings.